The summed E-state index contributed by atoms with van der Waals surface area (Å²) in [6.45, 7) is 0. The molecule has 3 heteroatoms. The van der Waals surface area contributed by atoms with Crippen LogP contribution in [0.5, 0.6) is 5.75 Å². The second kappa shape index (κ2) is 4.33. The minimum absolute atomic E-state index is 0.0809. The van der Waals surface area contributed by atoms with Crippen molar-refractivity contribution in [2.45, 2.75) is 12.5 Å². The van der Waals surface area contributed by atoms with Crippen molar-refractivity contribution in [3.05, 3.63) is 59.7 Å². The van der Waals surface area contributed by atoms with Crippen LogP contribution in [0.4, 0.5) is 0 Å². The van der Waals surface area contributed by atoms with Crippen LogP contribution in [0, 0.1) is 0 Å². The number of rotatable bonds is 1. The lowest BCUT2D eigenvalue weighted by Crippen LogP contribution is -2.22. The molecule has 1 atom stereocenters. The lowest BCUT2D eigenvalue weighted by Gasteiger charge is -2.25. The second-order valence-corrected chi connectivity index (χ2v) is 4.40. The van der Waals surface area contributed by atoms with Gasteiger partial charge in [-0.05, 0) is 11.6 Å². The van der Waals surface area contributed by atoms with Gasteiger partial charge in [0.05, 0.1) is 12.0 Å². The van der Waals surface area contributed by atoms with Crippen molar-refractivity contribution < 1.29 is 9.53 Å². The van der Waals surface area contributed by atoms with Crippen LogP contribution >= 0.6 is 0 Å². The van der Waals surface area contributed by atoms with Gasteiger partial charge in [-0.3, -0.25) is 4.79 Å². The van der Waals surface area contributed by atoms with E-state index in [0.717, 1.165) is 5.56 Å². The molecule has 0 aromatic heterocycles. The standard InChI is InChI=1S/C15H11BO2/c16-11-6-7-14-12(8-11)13(17)9-15(18-14)10-4-2-1-3-5-10/h1-8,15H,9H2. The average Bonchev–Trinajstić information content (AvgIpc) is 2.40. The van der Waals surface area contributed by atoms with Crippen LogP contribution in [0.15, 0.2) is 48.5 Å². The van der Waals surface area contributed by atoms with E-state index in [-0.39, 0.29) is 11.9 Å². The van der Waals surface area contributed by atoms with E-state index < -0.39 is 0 Å². The van der Waals surface area contributed by atoms with Crippen molar-refractivity contribution in [1.29, 1.82) is 0 Å². The summed E-state index contributed by atoms with van der Waals surface area (Å²) in [6, 6.07) is 15.0. The number of Topliss-reactive ketones (excluding diaryl/α,β-unsaturated/α-hetero) is 1. The Bertz CT molecular complexity index is 593. The highest BCUT2D eigenvalue weighted by Gasteiger charge is 2.27. The molecule has 3 rings (SSSR count). The lowest BCUT2D eigenvalue weighted by atomic mass is 9.89. The fourth-order valence-electron chi connectivity index (χ4n) is 2.20. The first-order chi connectivity index (χ1) is 8.74. The van der Waals surface area contributed by atoms with Crippen LogP contribution in [0.3, 0.4) is 0 Å². The van der Waals surface area contributed by atoms with Gasteiger partial charge in [-0.15, -0.1) is 0 Å². The van der Waals surface area contributed by atoms with Gasteiger partial charge < -0.3 is 4.74 Å². The van der Waals surface area contributed by atoms with Gasteiger partial charge in [0.2, 0.25) is 0 Å². The first-order valence-electron chi connectivity index (χ1n) is 5.88. The second-order valence-electron chi connectivity index (χ2n) is 4.40. The fourth-order valence-corrected chi connectivity index (χ4v) is 2.20. The van der Waals surface area contributed by atoms with Crippen LogP contribution in [0.25, 0.3) is 0 Å². The van der Waals surface area contributed by atoms with Gasteiger partial charge in [0.25, 0.3) is 0 Å². The smallest absolute Gasteiger partial charge is 0.170 e. The summed E-state index contributed by atoms with van der Waals surface area (Å²) in [5.74, 6) is 0.701. The quantitative estimate of drug-likeness (QED) is 0.707. The molecule has 86 valence electrons. The molecule has 1 unspecified atom stereocenters. The Balaban J connectivity index is 1.97. The molecule has 2 aromatic rings. The lowest BCUT2D eigenvalue weighted by molar-refractivity contribution is 0.0850. The topological polar surface area (TPSA) is 26.3 Å². The van der Waals surface area contributed by atoms with Gasteiger partial charge in [0.1, 0.15) is 19.7 Å². The van der Waals surface area contributed by atoms with E-state index in [9.17, 15) is 4.79 Å². The summed E-state index contributed by atoms with van der Waals surface area (Å²) in [5.41, 5.74) is 2.19. The van der Waals surface area contributed by atoms with E-state index in [1.165, 1.54) is 0 Å². The molecule has 0 saturated carbocycles. The van der Waals surface area contributed by atoms with E-state index in [1.54, 1.807) is 18.2 Å². The third-order valence-electron chi connectivity index (χ3n) is 3.12. The first-order valence-corrected chi connectivity index (χ1v) is 5.88. The summed E-state index contributed by atoms with van der Waals surface area (Å²) < 4.78 is 5.87. The van der Waals surface area contributed by atoms with E-state index in [1.807, 2.05) is 30.3 Å². The third-order valence-corrected chi connectivity index (χ3v) is 3.12. The predicted molar refractivity (Wildman–Crippen MR) is 70.6 cm³/mol. The predicted octanol–water partition coefficient (Wildman–Crippen LogP) is 2.19. The summed E-state index contributed by atoms with van der Waals surface area (Å²) >= 11 is 0. The normalized spacial score (nSPS) is 18.0. The van der Waals surface area contributed by atoms with Crippen molar-refractivity contribution in [3.8, 4) is 5.75 Å². The molecule has 1 heterocycles. The van der Waals surface area contributed by atoms with Crippen molar-refractivity contribution in [2.75, 3.05) is 0 Å². The molecule has 1 aliphatic heterocycles. The molecular weight excluding hydrogens is 223 g/mol. The van der Waals surface area contributed by atoms with Gasteiger partial charge in [-0.2, -0.15) is 0 Å². The number of ether oxygens (including phenoxy) is 1. The molecule has 0 fully saturated rings. The SMILES string of the molecule is [B]c1ccc2c(c1)C(=O)CC(c1ccccc1)O2. The summed E-state index contributed by atoms with van der Waals surface area (Å²) in [4.78, 5) is 12.1. The van der Waals surface area contributed by atoms with Crippen LogP contribution in [-0.2, 0) is 0 Å². The fraction of sp³-hybridized carbons (Fsp3) is 0.133. The van der Waals surface area contributed by atoms with E-state index in [0.29, 0.717) is 23.2 Å². The zero-order valence-electron chi connectivity index (χ0n) is 9.80. The number of ketones is 1. The van der Waals surface area contributed by atoms with Gasteiger partial charge in [-0.1, -0.05) is 47.9 Å². The van der Waals surface area contributed by atoms with Gasteiger partial charge >= 0.3 is 0 Å². The van der Waals surface area contributed by atoms with Crippen LogP contribution in [-0.4, -0.2) is 13.6 Å². The number of benzene rings is 2. The molecule has 1 aliphatic rings. The average molecular weight is 234 g/mol. The summed E-state index contributed by atoms with van der Waals surface area (Å²) in [7, 11) is 5.68. The number of hydrogen-bond donors (Lipinski definition) is 0. The van der Waals surface area contributed by atoms with E-state index >= 15 is 0 Å². The van der Waals surface area contributed by atoms with E-state index in [2.05, 4.69) is 0 Å². The van der Waals surface area contributed by atoms with Crippen LogP contribution < -0.4 is 10.2 Å². The Morgan fingerprint density at radius 2 is 1.89 bits per heavy atom. The highest BCUT2D eigenvalue weighted by atomic mass is 16.5. The van der Waals surface area contributed by atoms with Crippen LogP contribution in [0.2, 0.25) is 0 Å². The number of carbonyl (C=O) groups excluding carboxylic acids is 1. The molecule has 2 aromatic carbocycles. The Morgan fingerprint density at radius 3 is 2.67 bits per heavy atom. The monoisotopic (exact) mass is 234 g/mol. The molecular formula is C15H11BO2. The van der Waals surface area contributed by atoms with Gasteiger partial charge in [0.15, 0.2) is 5.78 Å². The molecule has 2 radical (unpaired) electrons. The van der Waals surface area contributed by atoms with Crippen molar-refractivity contribution >= 4 is 19.1 Å². The van der Waals surface area contributed by atoms with Crippen molar-refractivity contribution in [3.63, 3.8) is 0 Å². The minimum atomic E-state index is -0.199. The molecule has 0 aliphatic carbocycles. The highest BCUT2D eigenvalue weighted by molar-refractivity contribution is 6.32. The number of fused-ring (bicyclic) bond motifs is 1. The van der Waals surface area contributed by atoms with Gasteiger partial charge in [0, 0.05) is 0 Å². The first kappa shape index (κ1) is 11.1. The van der Waals surface area contributed by atoms with Crippen molar-refractivity contribution in [1.82, 2.24) is 0 Å². The molecule has 0 N–H and O–H groups in total. The van der Waals surface area contributed by atoms with E-state index in [4.69, 9.17) is 12.6 Å². The van der Waals surface area contributed by atoms with Crippen molar-refractivity contribution in [2.24, 2.45) is 0 Å². The Kier molecular flexibility index (Phi) is 2.67. The van der Waals surface area contributed by atoms with Crippen LogP contribution in [0.1, 0.15) is 28.4 Å². The maximum absolute atomic E-state index is 12.1. The number of carbonyl (C=O) groups is 1. The molecule has 2 nitrogen and oxygen atoms in total. The largest absolute Gasteiger partial charge is 0.484 e. The molecule has 0 saturated heterocycles. The zero-order chi connectivity index (χ0) is 12.5. The molecule has 0 amide bonds. The maximum Gasteiger partial charge on any atom is 0.170 e. The molecule has 0 spiro atoms. The Labute approximate surface area is 107 Å². The third kappa shape index (κ3) is 1.92. The molecule has 0 bridgehead atoms. The Morgan fingerprint density at radius 1 is 1.11 bits per heavy atom. The zero-order valence-corrected chi connectivity index (χ0v) is 9.80. The van der Waals surface area contributed by atoms with Gasteiger partial charge in [-0.25, -0.2) is 0 Å². The summed E-state index contributed by atoms with van der Waals surface area (Å²) in [6.07, 6.45) is 0.162. The maximum atomic E-state index is 12.1. The summed E-state index contributed by atoms with van der Waals surface area (Å²) in [5, 5.41) is 0. The Hall–Kier alpha value is -2.03. The minimum Gasteiger partial charge on any atom is -0.484 e. The number of hydrogen-bond acceptors (Lipinski definition) is 2. The molecule has 18 heavy (non-hydrogen) atoms. The highest BCUT2D eigenvalue weighted by Crippen LogP contribution is 2.33.